The maximum atomic E-state index is 3.53. The zero-order chi connectivity index (χ0) is 11.4. The van der Waals surface area contributed by atoms with Gasteiger partial charge in [0, 0.05) is 6.04 Å². The predicted octanol–water partition coefficient (Wildman–Crippen LogP) is 3.68. The molecule has 1 heteroatoms. The van der Waals surface area contributed by atoms with Gasteiger partial charge in [-0.2, -0.15) is 0 Å². The van der Waals surface area contributed by atoms with E-state index in [1.807, 2.05) is 6.07 Å². The molecule has 0 amide bonds. The second-order valence-electron chi connectivity index (χ2n) is 5.07. The van der Waals surface area contributed by atoms with Crippen molar-refractivity contribution < 1.29 is 0 Å². The van der Waals surface area contributed by atoms with Gasteiger partial charge >= 0.3 is 0 Å². The molecule has 0 heterocycles. The SMILES string of the molecule is CC1CC(C)C(N/C=C\c2ccccc2)C1. The molecule has 0 spiro atoms. The Morgan fingerprint density at radius 2 is 1.88 bits per heavy atom. The van der Waals surface area contributed by atoms with Crippen LogP contribution < -0.4 is 5.32 Å². The van der Waals surface area contributed by atoms with E-state index in [0.717, 1.165) is 11.8 Å². The van der Waals surface area contributed by atoms with E-state index in [9.17, 15) is 0 Å². The van der Waals surface area contributed by atoms with Crippen molar-refractivity contribution in [2.75, 3.05) is 0 Å². The van der Waals surface area contributed by atoms with Gasteiger partial charge in [0.05, 0.1) is 0 Å². The Bertz CT molecular complexity index is 342. The molecule has 0 aromatic heterocycles. The molecule has 1 aliphatic carbocycles. The van der Waals surface area contributed by atoms with E-state index >= 15 is 0 Å². The maximum absolute atomic E-state index is 3.53. The molecule has 0 bridgehead atoms. The highest BCUT2D eigenvalue weighted by Crippen LogP contribution is 2.30. The van der Waals surface area contributed by atoms with Gasteiger partial charge in [-0.3, -0.25) is 0 Å². The molecular weight excluding hydrogens is 194 g/mol. The summed E-state index contributed by atoms with van der Waals surface area (Å²) in [5, 5.41) is 3.53. The summed E-state index contributed by atoms with van der Waals surface area (Å²) >= 11 is 0. The van der Waals surface area contributed by atoms with Crippen LogP contribution in [0.1, 0.15) is 32.3 Å². The zero-order valence-electron chi connectivity index (χ0n) is 10.2. The molecule has 1 saturated carbocycles. The van der Waals surface area contributed by atoms with Crippen molar-refractivity contribution in [3.8, 4) is 0 Å². The quantitative estimate of drug-likeness (QED) is 0.811. The highest BCUT2D eigenvalue weighted by molar-refractivity contribution is 5.48. The van der Waals surface area contributed by atoms with Crippen LogP contribution in [0.15, 0.2) is 36.5 Å². The van der Waals surface area contributed by atoms with E-state index in [1.54, 1.807) is 0 Å². The highest BCUT2D eigenvalue weighted by atomic mass is 14.9. The monoisotopic (exact) mass is 215 g/mol. The molecule has 86 valence electrons. The minimum absolute atomic E-state index is 0.662. The number of nitrogens with one attached hydrogen (secondary N) is 1. The molecule has 1 N–H and O–H groups in total. The van der Waals surface area contributed by atoms with Crippen LogP contribution in [0.2, 0.25) is 0 Å². The summed E-state index contributed by atoms with van der Waals surface area (Å²) in [5.41, 5.74) is 1.26. The van der Waals surface area contributed by atoms with Gasteiger partial charge in [0.1, 0.15) is 0 Å². The second-order valence-corrected chi connectivity index (χ2v) is 5.07. The van der Waals surface area contributed by atoms with Crippen LogP contribution in [0, 0.1) is 11.8 Å². The third-order valence-electron chi connectivity index (χ3n) is 3.50. The standard InChI is InChI=1S/C15H21N/c1-12-10-13(2)15(11-12)16-9-8-14-6-4-3-5-7-14/h3-9,12-13,15-16H,10-11H2,1-2H3/b9-8-. The molecule has 1 fully saturated rings. The van der Waals surface area contributed by atoms with Gasteiger partial charge in [-0.25, -0.2) is 0 Å². The molecule has 3 atom stereocenters. The summed E-state index contributed by atoms with van der Waals surface area (Å²) in [7, 11) is 0. The smallest absolute Gasteiger partial charge is 0.0283 e. The number of benzene rings is 1. The Hall–Kier alpha value is -1.24. The van der Waals surface area contributed by atoms with E-state index in [1.165, 1.54) is 18.4 Å². The first-order valence-corrected chi connectivity index (χ1v) is 6.23. The minimum Gasteiger partial charge on any atom is -0.388 e. The lowest BCUT2D eigenvalue weighted by Gasteiger charge is -2.15. The van der Waals surface area contributed by atoms with Gasteiger partial charge in [-0.1, -0.05) is 44.2 Å². The third-order valence-corrected chi connectivity index (χ3v) is 3.50. The van der Waals surface area contributed by atoms with Gasteiger partial charge in [-0.05, 0) is 42.5 Å². The number of rotatable bonds is 3. The Morgan fingerprint density at radius 3 is 2.50 bits per heavy atom. The molecule has 1 aliphatic rings. The van der Waals surface area contributed by atoms with Gasteiger partial charge in [-0.15, -0.1) is 0 Å². The predicted molar refractivity (Wildman–Crippen MR) is 70.0 cm³/mol. The Morgan fingerprint density at radius 1 is 1.12 bits per heavy atom. The van der Waals surface area contributed by atoms with Crippen LogP contribution >= 0.6 is 0 Å². The van der Waals surface area contributed by atoms with E-state index < -0.39 is 0 Å². The molecule has 2 rings (SSSR count). The van der Waals surface area contributed by atoms with E-state index in [0.29, 0.717) is 6.04 Å². The van der Waals surface area contributed by atoms with Gasteiger partial charge < -0.3 is 5.32 Å². The molecule has 16 heavy (non-hydrogen) atoms. The summed E-state index contributed by atoms with van der Waals surface area (Å²) in [6, 6.07) is 11.1. The molecule has 1 aromatic carbocycles. The van der Waals surface area contributed by atoms with Crippen molar-refractivity contribution in [1.29, 1.82) is 0 Å². The Balaban J connectivity index is 1.86. The van der Waals surface area contributed by atoms with Crippen LogP contribution in [-0.4, -0.2) is 6.04 Å². The second kappa shape index (κ2) is 5.20. The normalized spacial score (nSPS) is 29.8. The van der Waals surface area contributed by atoms with Crippen LogP contribution in [0.5, 0.6) is 0 Å². The maximum Gasteiger partial charge on any atom is 0.0283 e. The molecular formula is C15H21N. The summed E-state index contributed by atoms with van der Waals surface area (Å²) in [5.74, 6) is 1.67. The van der Waals surface area contributed by atoms with Crippen LogP contribution in [0.25, 0.3) is 6.08 Å². The van der Waals surface area contributed by atoms with Gasteiger partial charge in [0.25, 0.3) is 0 Å². The largest absolute Gasteiger partial charge is 0.388 e. The molecule has 1 aromatic rings. The highest BCUT2D eigenvalue weighted by Gasteiger charge is 2.27. The first kappa shape index (κ1) is 11.3. The van der Waals surface area contributed by atoms with Crippen molar-refractivity contribution in [3.63, 3.8) is 0 Å². The average Bonchev–Trinajstić information content (AvgIpc) is 2.59. The molecule has 0 saturated heterocycles. The van der Waals surface area contributed by atoms with Crippen molar-refractivity contribution >= 4 is 6.08 Å². The lowest BCUT2D eigenvalue weighted by molar-refractivity contribution is 0.474. The molecule has 0 radical (unpaired) electrons. The van der Waals surface area contributed by atoms with Gasteiger partial charge in [0.15, 0.2) is 0 Å². The topological polar surface area (TPSA) is 12.0 Å². The Labute approximate surface area is 98.6 Å². The zero-order valence-corrected chi connectivity index (χ0v) is 10.2. The summed E-state index contributed by atoms with van der Waals surface area (Å²) in [6.07, 6.45) is 6.92. The molecule has 3 unspecified atom stereocenters. The van der Waals surface area contributed by atoms with Crippen LogP contribution in [0.3, 0.4) is 0 Å². The van der Waals surface area contributed by atoms with E-state index in [4.69, 9.17) is 0 Å². The average molecular weight is 215 g/mol. The van der Waals surface area contributed by atoms with Crippen LogP contribution in [-0.2, 0) is 0 Å². The van der Waals surface area contributed by atoms with Gasteiger partial charge in [0.2, 0.25) is 0 Å². The first-order valence-electron chi connectivity index (χ1n) is 6.23. The molecule has 0 aliphatic heterocycles. The Kier molecular flexibility index (Phi) is 3.66. The fourth-order valence-corrected chi connectivity index (χ4v) is 2.63. The van der Waals surface area contributed by atoms with Crippen molar-refractivity contribution in [2.24, 2.45) is 11.8 Å². The lowest BCUT2D eigenvalue weighted by atomic mass is 10.1. The minimum atomic E-state index is 0.662. The van der Waals surface area contributed by atoms with Crippen LogP contribution in [0.4, 0.5) is 0 Å². The lowest BCUT2D eigenvalue weighted by Crippen LogP contribution is -2.26. The van der Waals surface area contributed by atoms with E-state index in [-0.39, 0.29) is 0 Å². The fraction of sp³-hybridized carbons (Fsp3) is 0.467. The number of hydrogen-bond acceptors (Lipinski definition) is 1. The van der Waals surface area contributed by atoms with Crippen molar-refractivity contribution in [3.05, 3.63) is 42.1 Å². The molecule has 1 nitrogen and oxygen atoms in total. The third kappa shape index (κ3) is 2.88. The fourth-order valence-electron chi connectivity index (χ4n) is 2.63. The summed E-state index contributed by atoms with van der Waals surface area (Å²) < 4.78 is 0. The first-order chi connectivity index (χ1) is 7.75. The van der Waals surface area contributed by atoms with E-state index in [2.05, 4.69) is 55.7 Å². The van der Waals surface area contributed by atoms with Crippen molar-refractivity contribution in [1.82, 2.24) is 5.32 Å². The number of hydrogen-bond donors (Lipinski definition) is 1. The van der Waals surface area contributed by atoms with Crippen molar-refractivity contribution in [2.45, 2.75) is 32.7 Å². The summed E-state index contributed by atoms with van der Waals surface area (Å²) in [4.78, 5) is 0. The summed E-state index contributed by atoms with van der Waals surface area (Å²) in [6.45, 7) is 4.69.